The van der Waals surface area contributed by atoms with Gasteiger partial charge >= 0.3 is 0 Å². The van der Waals surface area contributed by atoms with Crippen LogP contribution in [0, 0.1) is 6.92 Å². The molecule has 1 saturated heterocycles. The summed E-state index contributed by atoms with van der Waals surface area (Å²) in [4.78, 5) is 32.6. The normalized spacial score (nSPS) is 14.0. The smallest absolute Gasteiger partial charge is 0.242 e. The lowest BCUT2D eigenvalue weighted by atomic mass is 10.3. The molecule has 1 aliphatic rings. The second-order valence-corrected chi connectivity index (χ2v) is 6.30. The Hall–Kier alpha value is -0.640. The van der Waals surface area contributed by atoms with Gasteiger partial charge < -0.3 is 16.0 Å². The molecule has 11 heteroatoms. The van der Waals surface area contributed by atoms with E-state index in [2.05, 4.69) is 15.2 Å². The monoisotopic (exact) mass is 419 g/mol. The fraction of sp³-hybridized carbons (Fsp3) is 0.615. The second kappa shape index (κ2) is 12.7. The Kier molecular flexibility index (Phi) is 13.5. The van der Waals surface area contributed by atoms with Gasteiger partial charge in [-0.3, -0.25) is 14.5 Å². The molecule has 0 aliphatic carbocycles. The number of halogens is 3. The molecule has 1 fully saturated rings. The largest absolute Gasteiger partial charge is 0.346 e. The number of hydrogen-bond acceptors (Lipinski definition) is 6. The quantitative estimate of drug-likeness (QED) is 0.721. The van der Waals surface area contributed by atoms with Crippen LogP contribution in [0.3, 0.4) is 0 Å². The number of thiazole rings is 1. The van der Waals surface area contributed by atoms with Crippen molar-refractivity contribution < 1.29 is 9.59 Å². The van der Waals surface area contributed by atoms with Crippen LogP contribution in [-0.2, 0) is 16.1 Å². The van der Waals surface area contributed by atoms with E-state index in [1.54, 1.807) is 16.2 Å². The van der Waals surface area contributed by atoms with Crippen molar-refractivity contribution in [3.8, 4) is 0 Å². The van der Waals surface area contributed by atoms with E-state index >= 15 is 0 Å². The molecular formula is C13H24Cl3N5O2S. The molecule has 0 aromatic carbocycles. The lowest BCUT2D eigenvalue weighted by molar-refractivity contribution is -0.134. The maximum atomic E-state index is 11.9. The van der Waals surface area contributed by atoms with Crippen molar-refractivity contribution in [2.24, 2.45) is 5.73 Å². The summed E-state index contributed by atoms with van der Waals surface area (Å²) in [6, 6.07) is 0. The average molecular weight is 421 g/mol. The molecule has 3 N–H and O–H groups in total. The molecule has 2 rings (SSSR count). The molecule has 1 aromatic rings. The SMILES string of the molecule is Cc1ncc(CN2CCN(C(=O)CNC(=O)CN)CC2)s1.Cl.Cl.Cl. The van der Waals surface area contributed by atoms with E-state index in [0.717, 1.165) is 24.6 Å². The molecule has 0 saturated carbocycles. The van der Waals surface area contributed by atoms with E-state index in [0.29, 0.717) is 13.1 Å². The summed E-state index contributed by atoms with van der Waals surface area (Å²) in [7, 11) is 0. The van der Waals surface area contributed by atoms with Gasteiger partial charge in [0.2, 0.25) is 11.8 Å². The maximum Gasteiger partial charge on any atom is 0.242 e. The highest BCUT2D eigenvalue weighted by molar-refractivity contribution is 7.11. The molecule has 1 aliphatic heterocycles. The Bertz CT molecular complexity index is 510. The Morgan fingerprint density at radius 2 is 1.88 bits per heavy atom. The molecular weight excluding hydrogens is 397 g/mol. The number of rotatable bonds is 5. The van der Waals surface area contributed by atoms with Crippen LogP contribution in [-0.4, -0.2) is 65.9 Å². The summed E-state index contributed by atoms with van der Waals surface area (Å²) in [6.07, 6.45) is 1.92. The van der Waals surface area contributed by atoms with Crippen molar-refractivity contribution >= 4 is 60.4 Å². The third kappa shape index (κ3) is 7.96. The fourth-order valence-corrected chi connectivity index (χ4v) is 3.05. The highest BCUT2D eigenvalue weighted by Gasteiger charge is 2.21. The van der Waals surface area contributed by atoms with Crippen LogP contribution >= 0.6 is 48.6 Å². The number of amides is 2. The zero-order chi connectivity index (χ0) is 15.2. The number of nitrogens with zero attached hydrogens (tertiary/aromatic N) is 3. The van der Waals surface area contributed by atoms with Crippen molar-refractivity contribution in [3.05, 3.63) is 16.1 Å². The van der Waals surface area contributed by atoms with Gasteiger partial charge in [0.05, 0.1) is 18.1 Å². The molecule has 0 bridgehead atoms. The summed E-state index contributed by atoms with van der Waals surface area (Å²) in [5, 5.41) is 3.59. The summed E-state index contributed by atoms with van der Waals surface area (Å²) in [6.45, 7) is 5.89. The van der Waals surface area contributed by atoms with E-state index in [9.17, 15) is 9.59 Å². The van der Waals surface area contributed by atoms with Gasteiger partial charge in [-0.15, -0.1) is 48.6 Å². The van der Waals surface area contributed by atoms with Crippen LogP contribution in [0.2, 0.25) is 0 Å². The minimum Gasteiger partial charge on any atom is -0.346 e. The molecule has 1 aromatic heterocycles. The predicted octanol–water partition coefficient (Wildman–Crippen LogP) is 0.436. The molecule has 2 amide bonds. The van der Waals surface area contributed by atoms with Crippen LogP contribution < -0.4 is 11.1 Å². The number of hydrogen-bond donors (Lipinski definition) is 2. The number of nitrogens with one attached hydrogen (secondary N) is 1. The first-order valence-corrected chi connectivity index (χ1v) is 7.78. The first-order valence-electron chi connectivity index (χ1n) is 6.96. The first-order chi connectivity index (χ1) is 10.1. The van der Waals surface area contributed by atoms with E-state index in [1.807, 2.05) is 13.1 Å². The zero-order valence-electron chi connectivity index (χ0n) is 13.4. The Morgan fingerprint density at radius 3 is 2.38 bits per heavy atom. The highest BCUT2D eigenvalue weighted by atomic mass is 35.5. The van der Waals surface area contributed by atoms with Gasteiger partial charge in [-0.2, -0.15) is 0 Å². The Labute approximate surface area is 164 Å². The third-order valence-corrected chi connectivity index (χ3v) is 4.29. The van der Waals surface area contributed by atoms with Gasteiger partial charge in [-0.25, -0.2) is 4.98 Å². The fourth-order valence-electron chi connectivity index (χ4n) is 2.21. The van der Waals surface area contributed by atoms with Gasteiger partial charge in [0, 0.05) is 43.8 Å². The summed E-state index contributed by atoms with van der Waals surface area (Å²) in [5.41, 5.74) is 5.18. The maximum absolute atomic E-state index is 11.9. The summed E-state index contributed by atoms with van der Waals surface area (Å²) < 4.78 is 0. The molecule has 7 nitrogen and oxygen atoms in total. The Morgan fingerprint density at radius 1 is 1.25 bits per heavy atom. The van der Waals surface area contributed by atoms with Gasteiger partial charge in [0.25, 0.3) is 0 Å². The number of piperazine rings is 1. The number of carbonyl (C=O) groups is 2. The van der Waals surface area contributed by atoms with Gasteiger partial charge in [-0.05, 0) is 6.92 Å². The van der Waals surface area contributed by atoms with Crippen molar-refractivity contribution in [1.29, 1.82) is 0 Å². The number of nitrogens with two attached hydrogens (primary N) is 1. The van der Waals surface area contributed by atoms with Gasteiger partial charge in [-0.1, -0.05) is 0 Å². The predicted molar refractivity (Wildman–Crippen MR) is 103 cm³/mol. The minimum atomic E-state index is -0.303. The second-order valence-electron chi connectivity index (χ2n) is 4.98. The molecule has 0 radical (unpaired) electrons. The lowest BCUT2D eigenvalue weighted by Gasteiger charge is -2.34. The summed E-state index contributed by atoms with van der Waals surface area (Å²) >= 11 is 1.71. The molecule has 140 valence electrons. The average Bonchev–Trinajstić information content (AvgIpc) is 2.90. The minimum absolute atomic E-state index is 0. The number of aryl methyl sites for hydroxylation is 1. The standard InChI is InChI=1S/C13H21N5O2S.3ClH/c1-10-15-7-11(21-10)9-17-2-4-18(5-3-17)13(20)8-16-12(19)6-14;;;/h7H,2-6,8-9,14H2,1H3,(H,16,19);3*1H. The topological polar surface area (TPSA) is 91.6 Å². The molecule has 2 heterocycles. The van der Waals surface area contributed by atoms with E-state index in [-0.39, 0.29) is 62.1 Å². The van der Waals surface area contributed by atoms with Crippen molar-refractivity contribution in [2.75, 3.05) is 39.3 Å². The van der Waals surface area contributed by atoms with Gasteiger partial charge in [0.1, 0.15) is 0 Å². The molecule has 24 heavy (non-hydrogen) atoms. The third-order valence-electron chi connectivity index (χ3n) is 3.40. The van der Waals surface area contributed by atoms with Crippen LogP contribution in [0.25, 0.3) is 0 Å². The van der Waals surface area contributed by atoms with E-state index < -0.39 is 0 Å². The Balaban J connectivity index is 0. The highest BCUT2D eigenvalue weighted by Crippen LogP contribution is 2.15. The molecule has 0 spiro atoms. The zero-order valence-corrected chi connectivity index (χ0v) is 16.7. The van der Waals surface area contributed by atoms with Crippen LogP contribution in [0.1, 0.15) is 9.88 Å². The first kappa shape index (κ1) is 25.6. The summed E-state index contributed by atoms with van der Waals surface area (Å²) in [5.74, 6) is -0.354. The van der Waals surface area contributed by atoms with Crippen LogP contribution in [0.15, 0.2) is 6.20 Å². The van der Waals surface area contributed by atoms with Gasteiger partial charge in [0.15, 0.2) is 0 Å². The van der Waals surface area contributed by atoms with Crippen molar-refractivity contribution in [2.45, 2.75) is 13.5 Å². The van der Waals surface area contributed by atoms with Crippen molar-refractivity contribution in [3.63, 3.8) is 0 Å². The molecule has 0 unspecified atom stereocenters. The molecule has 0 atom stereocenters. The lowest BCUT2D eigenvalue weighted by Crippen LogP contribution is -2.51. The van der Waals surface area contributed by atoms with Crippen LogP contribution in [0.5, 0.6) is 0 Å². The van der Waals surface area contributed by atoms with Crippen LogP contribution in [0.4, 0.5) is 0 Å². The number of carbonyl (C=O) groups excluding carboxylic acids is 2. The number of aromatic nitrogens is 1. The van der Waals surface area contributed by atoms with E-state index in [4.69, 9.17) is 5.73 Å². The van der Waals surface area contributed by atoms with E-state index in [1.165, 1.54) is 4.88 Å². The van der Waals surface area contributed by atoms with Crippen molar-refractivity contribution in [1.82, 2.24) is 20.1 Å².